The van der Waals surface area contributed by atoms with E-state index >= 15 is 0 Å². The minimum atomic E-state index is -0.344. The molecule has 0 unspecified atom stereocenters. The molecular weight excluding hydrogens is 292 g/mol. The molecule has 0 bridgehead atoms. The number of carbonyl (C=O) groups is 1. The summed E-state index contributed by atoms with van der Waals surface area (Å²) < 4.78 is 10.3. The first kappa shape index (κ1) is 15.0. The third kappa shape index (κ3) is 3.38. The average Bonchev–Trinajstić information content (AvgIpc) is 2.49. The van der Waals surface area contributed by atoms with Crippen molar-refractivity contribution < 1.29 is 14.3 Å². The van der Waals surface area contributed by atoms with Crippen molar-refractivity contribution in [2.45, 2.75) is 0 Å². The van der Waals surface area contributed by atoms with E-state index in [4.69, 9.17) is 26.8 Å². The number of benzene rings is 2. The van der Waals surface area contributed by atoms with Gasteiger partial charge in [0.15, 0.2) is 0 Å². The van der Waals surface area contributed by atoms with Gasteiger partial charge in [0.05, 0.1) is 31.2 Å². The quantitative estimate of drug-likeness (QED) is 0.851. The fourth-order valence-corrected chi connectivity index (χ4v) is 1.97. The molecule has 6 heteroatoms. The van der Waals surface area contributed by atoms with Crippen molar-refractivity contribution in [1.82, 2.24) is 0 Å². The van der Waals surface area contributed by atoms with Crippen molar-refractivity contribution in [2.75, 3.05) is 25.3 Å². The fourth-order valence-electron chi connectivity index (χ4n) is 1.81. The number of anilines is 2. The Morgan fingerprint density at radius 1 is 1.14 bits per heavy atom. The largest absolute Gasteiger partial charge is 0.497 e. The Morgan fingerprint density at radius 2 is 1.90 bits per heavy atom. The number of nitrogens with two attached hydrogens (primary N) is 1. The number of rotatable bonds is 4. The third-order valence-electron chi connectivity index (χ3n) is 2.92. The molecule has 2 rings (SSSR count). The second-order valence-electron chi connectivity index (χ2n) is 4.25. The fraction of sp³-hybridized carbons (Fsp3) is 0.133. The zero-order chi connectivity index (χ0) is 15.4. The van der Waals surface area contributed by atoms with E-state index in [2.05, 4.69) is 5.32 Å². The molecule has 0 heterocycles. The van der Waals surface area contributed by atoms with E-state index in [0.29, 0.717) is 33.5 Å². The van der Waals surface area contributed by atoms with Crippen LogP contribution in [0.2, 0.25) is 5.02 Å². The van der Waals surface area contributed by atoms with Gasteiger partial charge in [-0.3, -0.25) is 4.79 Å². The van der Waals surface area contributed by atoms with Gasteiger partial charge in [0.1, 0.15) is 11.5 Å². The maximum absolute atomic E-state index is 12.3. The second-order valence-corrected chi connectivity index (χ2v) is 4.69. The highest BCUT2D eigenvalue weighted by molar-refractivity contribution is 6.31. The van der Waals surface area contributed by atoms with E-state index in [0.717, 1.165) is 0 Å². The van der Waals surface area contributed by atoms with E-state index in [9.17, 15) is 4.79 Å². The maximum Gasteiger partial charge on any atom is 0.259 e. The van der Waals surface area contributed by atoms with Gasteiger partial charge in [-0.15, -0.1) is 0 Å². The molecule has 21 heavy (non-hydrogen) atoms. The number of ether oxygens (including phenoxy) is 2. The number of amides is 1. The predicted octanol–water partition coefficient (Wildman–Crippen LogP) is 3.19. The Hall–Kier alpha value is -2.40. The van der Waals surface area contributed by atoms with Crippen molar-refractivity contribution >= 4 is 28.9 Å². The van der Waals surface area contributed by atoms with E-state index in [1.54, 1.807) is 43.5 Å². The van der Waals surface area contributed by atoms with E-state index in [1.807, 2.05) is 0 Å². The van der Waals surface area contributed by atoms with E-state index < -0.39 is 0 Å². The lowest BCUT2D eigenvalue weighted by molar-refractivity contribution is 0.102. The molecule has 0 aliphatic carbocycles. The molecule has 3 N–H and O–H groups in total. The molecule has 0 saturated heterocycles. The van der Waals surface area contributed by atoms with Crippen LogP contribution in [0.4, 0.5) is 11.4 Å². The van der Waals surface area contributed by atoms with Gasteiger partial charge in [-0.2, -0.15) is 0 Å². The van der Waals surface area contributed by atoms with Crippen molar-refractivity contribution in [3.63, 3.8) is 0 Å². The van der Waals surface area contributed by atoms with Crippen LogP contribution in [0.15, 0.2) is 36.4 Å². The third-order valence-corrected chi connectivity index (χ3v) is 3.15. The van der Waals surface area contributed by atoms with Gasteiger partial charge in [0.25, 0.3) is 5.91 Å². The van der Waals surface area contributed by atoms with Crippen LogP contribution in [0.3, 0.4) is 0 Å². The van der Waals surface area contributed by atoms with Crippen molar-refractivity contribution in [2.24, 2.45) is 0 Å². The van der Waals surface area contributed by atoms with E-state index in [-0.39, 0.29) is 5.91 Å². The van der Waals surface area contributed by atoms with Crippen LogP contribution in [0.25, 0.3) is 0 Å². The van der Waals surface area contributed by atoms with Gasteiger partial charge in [-0.1, -0.05) is 11.6 Å². The number of hydrogen-bond donors (Lipinski definition) is 2. The molecule has 0 spiro atoms. The molecule has 110 valence electrons. The monoisotopic (exact) mass is 306 g/mol. The van der Waals surface area contributed by atoms with Crippen molar-refractivity contribution in [3.8, 4) is 11.5 Å². The molecule has 0 atom stereocenters. The molecule has 0 radical (unpaired) electrons. The predicted molar refractivity (Wildman–Crippen MR) is 83.4 cm³/mol. The molecule has 0 saturated carbocycles. The van der Waals surface area contributed by atoms with Crippen molar-refractivity contribution in [1.29, 1.82) is 0 Å². The Morgan fingerprint density at radius 3 is 2.57 bits per heavy atom. The van der Waals surface area contributed by atoms with Gasteiger partial charge in [-0.25, -0.2) is 0 Å². The first-order chi connectivity index (χ1) is 10.0. The Balaban J connectivity index is 2.30. The highest BCUT2D eigenvalue weighted by Crippen LogP contribution is 2.27. The summed E-state index contributed by atoms with van der Waals surface area (Å²) in [7, 11) is 3.02. The highest BCUT2D eigenvalue weighted by Gasteiger charge is 2.14. The van der Waals surface area contributed by atoms with Crippen LogP contribution in [0, 0.1) is 0 Å². The molecular formula is C15H15ClN2O3. The molecule has 0 aliphatic heterocycles. The van der Waals surface area contributed by atoms with Crippen LogP contribution in [0.5, 0.6) is 11.5 Å². The summed E-state index contributed by atoms with van der Waals surface area (Å²) in [5, 5.41) is 3.22. The minimum absolute atomic E-state index is 0.344. The zero-order valence-electron chi connectivity index (χ0n) is 11.6. The topological polar surface area (TPSA) is 73.6 Å². The summed E-state index contributed by atoms with van der Waals surface area (Å²) in [6.45, 7) is 0. The van der Waals surface area contributed by atoms with Gasteiger partial charge in [-0.05, 0) is 30.3 Å². The molecule has 0 aliphatic rings. The minimum Gasteiger partial charge on any atom is -0.497 e. The average molecular weight is 307 g/mol. The van der Waals surface area contributed by atoms with Crippen molar-refractivity contribution in [3.05, 3.63) is 47.0 Å². The number of carbonyl (C=O) groups excluding carboxylic acids is 1. The second kappa shape index (κ2) is 6.37. The number of nitrogens with one attached hydrogen (secondary N) is 1. The summed E-state index contributed by atoms with van der Waals surface area (Å²) in [5.41, 5.74) is 7.12. The lowest BCUT2D eigenvalue weighted by atomic mass is 10.1. The SMILES string of the molecule is COc1ccc(N)c(NC(=O)c2ccc(Cl)cc2OC)c1. The number of nitrogen functional groups attached to an aromatic ring is 1. The van der Waals surface area contributed by atoms with Crippen LogP contribution in [-0.2, 0) is 0 Å². The zero-order valence-corrected chi connectivity index (χ0v) is 12.4. The van der Waals surface area contributed by atoms with Crippen LogP contribution in [0.1, 0.15) is 10.4 Å². The maximum atomic E-state index is 12.3. The molecule has 2 aromatic carbocycles. The number of hydrogen-bond acceptors (Lipinski definition) is 4. The molecule has 2 aromatic rings. The lowest BCUT2D eigenvalue weighted by Gasteiger charge is -2.12. The summed E-state index contributed by atoms with van der Waals surface area (Å²) in [5.74, 6) is 0.646. The normalized spacial score (nSPS) is 10.0. The molecule has 5 nitrogen and oxygen atoms in total. The molecule has 1 amide bonds. The first-order valence-corrected chi connectivity index (χ1v) is 6.51. The smallest absolute Gasteiger partial charge is 0.259 e. The van der Waals surface area contributed by atoms with Gasteiger partial charge < -0.3 is 20.5 Å². The standard InChI is InChI=1S/C15H15ClN2O3/c1-20-10-4-6-12(17)13(8-10)18-15(19)11-5-3-9(16)7-14(11)21-2/h3-8H,17H2,1-2H3,(H,18,19). The summed E-state index contributed by atoms with van der Waals surface area (Å²) >= 11 is 5.88. The molecule has 0 aromatic heterocycles. The number of halogens is 1. The summed E-state index contributed by atoms with van der Waals surface area (Å²) in [6.07, 6.45) is 0. The Bertz CT molecular complexity index is 674. The lowest BCUT2D eigenvalue weighted by Crippen LogP contribution is -2.14. The first-order valence-electron chi connectivity index (χ1n) is 6.13. The van der Waals surface area contributed by atoms with Gasteiger partial charge in [0.2, 0.25) is 0 Å². The number of methoxy groups -OCH3 is 2. The van der Waals surface area contributed by atoms with E-state index in [1.165, 1.54) is 7.11 Å². The Kier molecular flexibility index (Phi) is 4.55. The van der Waals surface area contributed by atoms with Crippen LogP contribution < -0.4 is 20.5 Å². The van der Waals surface area contributed by atoms with Gasteiger partial charge in [0, 0.05) is 11.1 Å². The van der Waals surface area contributed by atoms with Crippen LogP contribution in [-0.4, -0.2) is 20.1 Å². The summed E-state index contributed by atoms with van der Waals surface area (Å²) in [4.78, 5) is 12.3. The van der Waals surface area contributed by atoms with Crippen LogP contribution >= 0.6 is 11.6 Å². The summed E-state index contributed by atoms with van der Waals surface area (Å²) in [6, 6.07) is 9.81. The highest BCUT2D eigenvalue weighted by atomic mass is 35.5. The van der Waals surface area contributed by atoms with Gasteiger partial charge >= 0.3 is 0 Å². The molecule has 0 fully saturated rings. The Labute approximate surface area is 127 Å².